The molecule has 0 bridgehead atoms. The molecule has 0 atom stereocenters. The van der Waals surface area contributed by atoms with Crippen molar-refractivity contribution in [3.8, 4) is 5.75 Å². The Bertz CT molecular complexity index is 679. The topological polar surface area (TPSA) is 64.4 Å². The molecule has 7 heteroatoms. The minimum Gasteiger partial charge on any atom is -0.490 e. The van der Waals surface area contributed by atoms with Crippen LogP contribution in [0.25, 0.3) is 0 Å². The maximum Gasteiger partial charge on any atom is 0.312 e. The van der Waals surface area contributed by atoms with Crippen molar-refractivity contribution in [1.29, 1.82) is 0 Å². The number of hydrogen-bond donors (Lipinski definition) is 1. The molecule has 2 aromatic rings. The lowest BCUT2D eigenvalue weighted by atomic mass is 10.2. The van der Waals surface area contributed by atoms with Crippen LogP contribution in [0.5, 0.6) is 5.75 Å². The zero-order chi connectivity index (χ0) is 15.4. The molecule has 0 saturated carbocycles. The van der Waals surface area contributed by atoms with Gasteiger partial charge in [-0.1, -0.05) is 33.6 Å². The molecule has 0 fully saturated rings. The van der Waals surface area contributed by atoms with E-state index in [2.05, 4.69) is 21.2 Å². The summed E-state index contributed by atoms with van der Waals surface area (Å²) in [6, 6.07) is 10.3. The molecular weight excluding hydrogens is 360 g/mol. The van der Waals surface area contributed by atoms with Gasteiger partial charge in [0.2, 0.25) is 0 Å². The van der Waals surface area contributed by atoms with Crippen LogP contribution >= 0.6 is 27.5 Å². The minimum atomic E-state index is -0.476. The quantitative estimate of drug-likeness (QED) is 0.614. The van der Waals surface area contributed by atoms with E-state index >= 15 is 0 Å². The van der Waals surface area contributed by atoms with Crippen molar-refractivity contribution in [2.75, 3.05) is 12.4 Å². The van der Waals surface area contributed by atoms with Gasteiger partial charge in [0.1, 0.15) is 0 Å². The Kier molecular flexibility index (Phi) is 5.03. The summed E-state index contributed by atoms with van der Waals surface area (Å²) in [4.78, 5) is 10.5. The van der Waals surface area contributed by atoms with Crippen molar-refractivity contribution in [3.63, 3.8) is 0 Å². The number of ether oxygens (including phenoxy) is 1. The number of rotatable bonds is 5. The van der Waals surface area contributed by atoms with Gasteiger partial charge < -0.3 is 10.1 Å². The Labute approximate surface area is 135 Å². The highest BCUT2D eigenvalue weighted by molar-refractivity contribution is 9.10. The van der Waals surface area contributed by atoms with Gasteiger partial charge in [-0.25, -0.2) is 0 Å². The van der Waals surface area contributed by atoms with Crippen LogP contribution in [0, 0.1) is 10.1 Å². The Morgan fingerprint density at radius 2 is 2.10 bits per heavy atom. The van der Waals surface area contributed by atoms with Gasteiger partial charge in [0.25, 0.3) is 0 Å². The first-order valence-corrected chi connectivity index (χ1v) is 7.18. The second-order valence-corrected chi connectivity index (χ2v) is 5.56. The molecule has 0 aliphatic rings. The lowest BCUT2D eigenvalue weighted by Crippen LogP contribution is -2.01. The molecule has 21 heavy (non-hydrogen) atoms. The zero-order valence-corrected chi connectivity index (χ0v) is 13.4. The number of nitrogens with zero attached hydrogens (tertiary/aromatic N) is 1. The standard InChI is InChI=1S/C14H12BrClN2O3/c1-21-14-5-4-11(7-13(14)18(19)20)17-8-9-2-3-10(15)6-12(9)16/h2-7,17H,8H2,1H3. The van der Waals surface area contributed by atoms with Gasteiger partial charge in [-0.3, -0.25) is 10.1 Å². The van der Waals surface area contributed by atoms with Gasteiger partial charge in [-0.15, -0.1) is 0 Å². The van der Waals surface area contributed by atoms with Crippen molar-refractivity contribution in [3.05, 3.63) is 61.6 Å². The van der Waals surface area contributed by atoms with Crippen LogP contribution in [0.15, 0.2) is 40.9 Å². The second-order valence-electron chi connectivity index (χ2n) is 4.23. The molecule has 5 nitrogen and oxygen atoms in total. The number of anilines is 1. The predicted octanol–water partition coefficient (Wildman–Crippen LogP) is 4.63. The first-order chi connectivity index (χ1) is 10.0. The molecule has 2 aromatic carbocycles. The fourth-order valence-electron chi connectivity index (χ4n) is 1.80. The smallest absolute Gasteiger partial charge is 0.312 e. The second kappa shape index (κ2) is 6.78. The van der Waals surface area contributed by atoms with Crippen LogP contribution in [0.2, 0.25) is 5.02 Å². The van der Waals surface area contributed by atoms with E-state index < -0.39 is 4.92 Å². The molecule has 0 heterocycles. The summed E-state index contributed by atoms with van der Waals surface area (Å²) in [5.41, 5.74) is 1.45. The molecule has 2 rings (SSSR count). The first-order valence-electron chi connectivity index (χ1n) is 6.01. The fourth-order valence-corrected chi connectivity index (χ4v) is 2.55. The summed E-state index contributed by atoms with van der Waals surface area (Å²) >= 11 is 9.47. The molecule has 0 radical (unpaired) electrons. The van der Waals surface area contributed by atoms with Crippen LogP contribution in [0.1, 0.15) is 5.56 Å². The molecule has 0 saturated heterocycles. The summed E-state index contributed by atoms with van der Waals surface area (Å²) in [5.74, 6) is 0.229. The van der Waals surface area contributed by atoms with E-state index in [9.17, 15) is 10.1 Å². The average molecular weight is 372 g/mol. The van der Waals surface area contributed by atoms with E-state index in [0.29, 0.717) is 17.3 Å². The summed E-state index contributed by atoms with van der Waals surface area (Å²) in [6.45, 7) is 0.468. The van der Waals surface area contributed by atoms with E-state index in [1.807, 2.05) is 12.1 Å². The van der Waals surface area contributed by atoms with Crippen molar-refractivity contribution in [2.24, 2.45) is 0 Å². The van der Waals surface area contributed by atoms with Gasteiger partial charge in [0.05, 0.1) is 12.0 Å². The largest absolute Gasteiger partial charge is 0.490 e. The lowest BCUT2D eigenvalue weighted by molar-refractivity contribution is -0.385. The van der Waals surface area contributed by atoms with Crippen molar-refractivity contribution >= 4 is 38.9 Å². The first kappa shape index (κ1) is 15.6. The predicted molar refractivity (Wildman–Crippen MR) is 86.1 cm³/mol. The van der Waals surface area contributed by atoms with Crippen molar-refractivity contribution in [2.45, 2.75) is 6.54 Å². The van der Waals surface area contributed by atoms with E-state index in [-0.39, 0.29) is 11.4 Å². The number of methoxy groups -OCH3 is 1. The Morgan fingerprint density at radius 3 is 2.71 bits per heavy atom. The van der Waals surface area contributed by atoms with E-state index in [4.69, 9.17) is 16.3 Å². The zero-order valence-electron chi connectivity index (χ0n) is 11.1. The molecule has 1 N–H and O–H groups in total. The number of nitrogens with one attached hydrogen (secondary N) is 1. The van der Waals surface area contributed by atoms with Gasteiger partial charge >= 0.3 is 5.69 Å². The molecule has 0 amide bonds. The maximum atomic E-state index is 11.0. The monoisotopic (exact) mass is 370 g/mol. The number of nitro groups is 1. The molecule has 0 aliphatic heterocycles. The summed E-state index contributed by atoms with van der Waals surface area (Å²) in [6.07, 6.45) is 0. The Hall–Kier alpha value is -1.79. The van der Waals surface area contributed by atoms with Gasteiger partial charge in [-0.05, 0) is 29.8 Å². The van der Waals surface area contributed by atoms with Crippen LogP contribution in [-0.4, -0.2) is 12.0 Å². The molecule has 0 spiro atoms. The molecule has 110 valence electrons. The molecule has 0 unspecified atom stereocenters. The van der Waals surface area contributed by atoms with Crippen molar-refractivity contribution < 1.29 is 9.66 Å². The highest BCUT2D eigenvalue weighted by atomic mass is 79.9. The third-order valence-electron chi connectivity index (χ3n) is 2.87. The van der Waals surface area contributed by atoms with Crippen LogP contribution in [0.4, 0.5) is 11.4 Å². The highest BCUT2D eigenvalue weighted by Crippen LogP contribution is 2.30. The molecular formula is C14H12BrClN2O3. The van der Waals surface area contributed by atoms with Gasteiger partial charge in [-0.2, -0.15) is 0 Å². The van der Waals surface area contributed by atoms with Crippen LogP contribution in [-0.2, 0) is 6.54 Å². The minimum absolute atomic E-state index is 0.0793. The fraction of sp³-hybridized carbons (Fsp3) is 0.143. The lowest BCUT2D eigenvalue weighted by Gasteiger charge is -2.09. The Balaban J connectivity index is 2.16. The average Bonchev–Trinajstić information content (AvgIpc) is 2.46. The van der Waals surface area contributed by atoms with Gasteiger partial charge in [0, 0.05) is 27.8 Å². The third kappa shape index (κ3) is 3.86. The number of hydrogen-bond acceptors (Lipinski definition) is 4. The summed E-state index contributed by atoms with van der Waals surface area (Å²) in [7, 11) is 1.40. The number of halogens is 2. The van der Waals surface area contributed by atoms with Gasteiger partial charge in [0.15, 0.2) is 5.75 Å². The number of benzene rings is 2. The summed E-state index contributed by atoms with van der Waals surface area (Å²) in [5, 5.41) is 14.7. The highest BCUT2D eigenvalue weighted by Gasteiger charge is 2.15. The molecule has 0 aromatic heterocycles. The van der Waals surface area contributed by atoms with Crippen molar-refractivity contribution in [1.82, 2.24) is 0 Å². The van der Waals surface area contributed by atoms with Crippen LogP contribution in [0.3, 0.4) is 0 Å². The van der Waals surface area contributed by atoms with E-state index in [1.165, 1.54) is 13.2 Å². The summed E-state index contributed by atoms with van der Waals surface area (Å²) < 4.78 is 5.86. The van der Waals surface area contributed by atoms with Crippen LogP contribution < -0.4 is 10.1 Å². The van der Waals surface area contributed by atoms with E-state index in [1.54, 1.807) is 18.2 Å². The number of nitro benzene ring substituents is 1. The molecule has 0 aliphatic carbocycles. The Morgan fingerprint density at radius 1 is 1.33 bits per heavy atom. The van der Waals surface area contributed by atoms with E-state index in [0.717, 1.165) is 10.0 Å². The third-order valence-corrected chi connectivity index (χ3v) is 3.72. The SMILES string of the molecule is COc1ccc(NCc2ccc(Br)cc2Cl)cc1[N+](=O)[O-]. The normalized spacial score (nSPS) is 10.2. The maximum absolute atomic E-state index is 11.0.